The van der Waals surface area contributed by atoms with Gasteiger partial charge in [0.05, 0.1) is 12.6 Å². The van der Waals surface area contributed by atoms with E-state index in [4.69, 9.17) is 0 Å². The Morgan fingerprint density at radius 3 is 2.67 bits per heavy atom. The fourth-order valence-corrected chi connectivity index (χ4v) is 2.36. The lowest BCUT2D eigenvalue weighted by Gasteiger charge is -2.26. The molecule has 1 fully saturated rings. The van der Waals surface area contributed by atoms with Crippen LogP contribution in [0.4, 0.5) is 0 Å². The van der Waals surface area contributed by atoms with Crippen LogP contribution in [0.15, 0.2) is 24.3 Å². The van der Waals surface area contributed by atoms with Crippen LogP contribution in [0.2, 0.25) is 0 Å². The Labute approximate surface area is 91.5 Å². The highest BCUT2D eigenvalue weighted by Gasteiger charge is 2.22. The first kappa shape index (κ1) is 10.7. The molecule has 1 N–H and O–H groups in total. The minimum atomic E-state index is 0.201. The summed E-state index contributed by atoms with van der Waals surface area (Å²) in [7, 11) is 0. The van der Waals surface area contributed by atoms with Crippen molar-refractivity contribution >= 4 is 0 Å². The Hall–Kier alpha value is -0.860. The molecular formula is C13H19NO. The second-order valence-corrected chi connectivity index (χ2v) is 4.36. The zero-order chi connectivity index (χ0) is 10.7. The van der Waals surface area contributed by atoms with Gasteiger partial charge in [-0.3, -0.25) is 4.90 Å². The maximum absolute atomic E-state index is 9.49. The molecule has 82 valence electrons. The van der Waals surface area contributed by atoms with E-state index >= 15 is 0 Å². The van der Waals surface area contributed by atoms with Crippen molar-refractivity contribution in [3.8, 4) is 0 Å². The lowest BCUT2D eigenvalue weighted by atomic mass is 10.0. The lowest BCUT2D eigenvalue weighted by molar-refractivity contribution is 0.147. The number of aliphatic hydroxyl groups excluding tert-OH is 1. The van der Waals surface area contributed by atoms with Crippen molar-refractivity contribution in [2.45, 2.75) is 25.8 Å². The van der Waals surface area contributed by atoms with E-state index in [1.54, 1.807) is 0 Å². The van der Waals surface area contributed by atoms with Gasteiger partial charge in [0.15, 0.2) is 0 Å². The van der Waals surface area contributed by atoms with Gasteiger partial charge < -0.3 is 5.11 Å². The highest BCUT2D eigenvalue weighted by atomic mass is 16.3. The van der Waals surface area contributed by atoms with Crippen LogP contribution in [0.3, 0.4) is 0 Å². The fourth-order valence-electron chi connectivity index (χ4n) is 2.36. The maximum Gasteiger partial charge on any atom is 0.0628 e. The molecule has 1 aliphatic heterocycles. The highest BCUT2D eigenvalue weighted by Crippen LogP contribution is 2.24. The smallest absolute Gasteiger partial charge is 0.0628 e. The summed E-state index contributed by atoms with van der Waals surface area (Å²) in [5, 5.41) is 9.49. The SMILES string of the molecule is Cc1cccc([C@@H](CO)N2CCCC2)c1. The van der Waals surface area contributed by atoms with Gasteiger partial charge in [-0.25, -0.2) is 0 Å². The average Bonchev–Trinajstić information content (AvgIpc) is 2.72. The van der Waals surface area contributed by atoms with Crippen molar-refractivity contribution in [2.75, 3.05) is 19.7 Å². The van der Waals surface area contributed by atoms with Gasteiger partial charge in [-0.15, -0.1) is 0 Å². The molecule has 0 amide bonds. The van der Waals surface area contributed by atoms with Crippen molar-refractivity contribution < 1.29 is 5.11 Å². The Balaban J connectivity index is 2.18. The highest BCUT2D eigenvalue weighted by molar-refractivity contribution is 5.25. The van der Waals surface area contributed by atoms with E-state index in [-0.39, 0.29) is 12.6 Å². The second kappa shape index (κ2) is 4.77. The normalized spacial score (nSPS) is 19.3. The molecule has 0 aromatic heterocycles. The summed E-state index contributed by atoms with van der Waals surface area (Å²) in [6.07, 6.45) is 2.53. The van der Waals surface area contributed by atoms with Gasteiger partial charge in [-0.2, -0.15) is 0 Å². The van der Waals surface area contributed by atoms with Crippen molar-refractivity contribution in [2.24, 2.45) is 0 Å². The minimum absolute atomic E-state index is 0.201. The molecule has 0 aliphatic carbocycles. The van der Waals surface area contributed by atoms with E-state index in [2.05, 4.69) is 36.1 Å². The van der Waals surface area contributed by atoms with Crippen LogP contribution >= 0.6 is 0 Å². The van der Waals surface area contributed by atoms with E-state index in [0.717, 1.165) is 13.1 Å². The largest absolute Gasteiger partial charge is 0.394 e. The van der Waals surface area contributed by atoms with Crippen molar-refractivity contribution in [3.05, 3.63) is 35.4 Å². The van der Waals surface area contributed by atoms with Gasteiger partial charge in [0.1, 0.15) is 0 Å². The first-order valence-corrected chi connectivity index (χ1v) is 5.73. The monoisotopic (exact) mass is 205 g/mol. The molecule has 0 radical (unpaired) electrons. The minimum Gasteiger partial charge on any atom is -0.394 e. The molecule has 1 saturated heterocycles. The maximum atomic E-state index is 9.49. The summed E-state index contributed by atoms with van der Waals surface area (Å²) < 4.78 is 0. The number of nitrogens with zero attached hydrogens (tertiary/aromatic N) is 1. The molecule has 1 atom stereocenters. The van der Waals surface area contributed by atoms with Crippen LogP contribution in [-0.2, 0) is 0 Å². The van der Waals surface area contributed by atoms with E-state index in [9.17, 15) is 5.11 Å². The van der Waals surface area contributed by atoms with E-state index in [0.29, 0.717) is 0 Å². The molecule has 0 unspecified atom stereocenters. The van der Waals surface area contributed by atoms with Crippen LogP contribution in [0.5, 0.6) is 0 Å². The number of aryl methyl sites for hydroxylation is 1. The average molecular weight is 205 g/mol. The summed E-state index contributed by atoms with van der Waals surface area (Å²) in [5.74, 6) is 0. The van der Waals surface area contributed by atoms with E-state index in [1.165, 1.54) is 24.0 Å². The lowest BCUT2D eigenvalue weighted by Crippen LogP contribution is -2.28. The van der Waals surface area contributed by atoms with Gasteiger partial charge in [-0.05, 0) is 38.4 Å². The summed E-state index contributed by atoms with van der Waals surface area (Å²) in [5.41, 5.74) is 2.52. The molecule has 2 nitrogen and oxygen atoms in total. The van der Waals surface area contributed by atoms with Gasteiger partial charge in [-0.1, -0.05) is 29.8 Å². The number of hydrogen-bond donors (Lipinski definition) is 1. The van der Waals surface area contributed by atoms with Gasteiger partial charge in [0.2, 0.25) is 0 Å². The zero-order valence-electron chi connectivity index (χ0n) is 9.32. The predicted octanol–water partition coefficient (Wildman–Crippen LogP) is 2.12. The molecular weight excluding hydrogens is 186 g/mol. The summed E-state index contributed by atoms with van der Waals surface area (Å²) >= 11 is 0. The Morgan fingerprint density at radius 1 is 1.33 bits per heavy atom. The second-order valence-electron chi connectivity index (χ2n) is 4.36. The summed E-state index contributed by atoms with van der Waals surface area (Å²) in [4.78, 5) is 2.38. The third-order valence-electron chi connectivity index (χ3n) is 3.18. The van der Waals surface area contributed by atoms with Gasteiger partial charge in [0.25, 0.3) is 0 Å². The third-order valence-corrected chi connectivity index (χ3v) is 3.18. The molecule has 1 heterocycles. The Bertz CT molecular complexity index is 318. The molecule has 1 aliphatic rings. The Kier molecular flexibility index (Phi) is 3.39. The number of hydrogen-bond acceptors (Lipinski definition) is 2. The number of likely N-dealkylation sites (tertiary alicyclic amines) is 1. The predicted molar refractivity (Wildman–Crippen MR) is 61.8 cm³/mol. The molecule has 0 saturated carbocycles. The third kappa shape index (κ3) is 2.39. The van der Waals surface area contributed by atoms with Crippen LogP contribution in [0.25, 0.3) is 0 Å². The van der Waals surface area contributed by atoms with Crippen LogP contribution < -0.4 is 0 Å². The molecule has 1 aromatic rings. The number of rotatable bonds is 3. The number of benzene rings is 1. The van der Waals surface area contributed by atoms with Crippen molar-refractivity contribution in [1.82, 2.24) is 4.90 Å². The molecule has 2 rings (SSSR count). The summed E-state index contributed by atoms with van der Waals surface area (Å²) in [6, 6.07) is 8.67. The van der Waals surface area contributed by atoms with Gasteiger partial charge in [0, 0.05) is 0 Å². The number of aliphatic hydroxyl groups is 1. The quantitative estimate of drug-likeness (QED) is 0.817. The van der Waals surface area contributed by atoms with Gasteiger partial charge >= 0.3 is 0 Å². The Morgan fingerprint density at radius 2 is 2.07 bits per heavy atom. The van der Waals surface area contributed by atoms with Crippen LogP contribution in [0, 0.1) is 6.92 Å². The molecule has 0 spiro atoms. The van der Waals surface area contributed by atoms with Crippen molar-refractivity contribution in [3.63, 3.8) is 0 Å². The van der Waals surface area contributed by atoms with Crippen LogP contribution in [-0.4, -0.2) is 29.7 Å². The first-order chi connectivity index (χ1) is 7.31. The van der Waals surface area contributed by atoms with E-state index in [1.807, 2.05) is 0 Å². The van der Waals surface area contributed by atoms with Crippen LogP contribution in [0.1, 0.15) is 30.0 Å². The molecule has 0 bridgehead atoms. The van der Waals surface area contributed by atoms with Crippen molar-refractivity contribution in [1.29, 1.82) is 0 Å². The topological polar surface area (TPSA) is 23.5 Å². The first-order valence-electron chi connectivity index (χ1n) is 5.73. The van der Waals surface area contributed by atoms with E-state index < -0.39 is 0 Å². The molecule has 1 aromatic carbocycles. The summed E-state index contributed by atoms with van der Waals surface area (Å²) in [6.45, 7) is 4.57. The standard InChI is InChI=1S/C13H19NO/c1-11-5-4-6-12(9-11)13(10-15)14-7-2-3-8-14/h4-6,9,13,15H,2-3,7-8,10H2,1H3/t13-/m1/s1. The fraction of sp³-hybridized carbons (Fsp3) is 0.538. The molecule has 15 heavy (non-hydrogen) atoms. The zero-order valence-corrected chi connectivity index (χ0v) is 9.32. The molecule has 2 heteroatoms.